The number of carboxylic acid groups (broad SMARTS) is 1. The Labute approximate surface area is 296 Å². The average Bonchev–Trinajstić information content (AvgIpc) is 3.64. The number of nitrogens with one attached hydrogen (secondary N) is 1. The fourth-order valence-corrected chi connectivity index (χ4v) is 14.2. The summed E-state index contributed by atoms with van der Waals surface area (Å²) in [7, 11) is 0. The van der Waals surface area contributed by atoms with Crippen molar-refractivity contribution in [1.29, 1.82) is 0 Å². The fourth-order valence-electron chi connectivity index (χ4n) is 14.2. The molecule has 0 aromatic heterocycles. The van der Waals surface area contributed by atoms with E-state index in [9.17, 15) is 14.7 Å². The lowest BCUT2D eigenvalue weighted by atomic mass is 9.32. The zero-order valence-electron chi connectivity index (χ0n) is 31.5. The minimum absolute atomic E-state index is 0.0305. The third kappa shape index (κ3) is 5.32. The summed E-state index contributed by atoms with van der Waals surface area (Å²) in [6, 6.07) is 7.63. The van der Waals surface area contributed by atoms with Crippen LogP contribution >= 0.6 is 0 Å². The summed E-state index contributed by atoms with van der Waals surface area (Å²) in [5, 5.41) is 13.5. The standard InChI is InChI=1S/C44H64N2O3/c1-29(2)32-17-22-44(28-45-25-9-27-46-26-8-10-37(46)47)24-23-42(6)34(38(32)44)15-16-36-41(5)20-18-33(30-11-13-31(14-12-30)39(48)49)40(3,4)35(41)19-21-43(36,42)7/h11-14,18,32,34-36,38,45H,1,8-10,15-17,19-28H2,2-7H3,(H,48,49)/t32-,34+,35-,36+,38+,41-,42+,43+,44+/m0/s1. The van der Waals surface area contributed by atoms with Gasteiger partial charge in [0.25, 0.3) is 0 Å². The van der Waals surface area contributed by atoms with Crippen LogP contribution in [0.3, 0.4) is 0 Å². The number of hydrogen-bond acceptors (Lipinski definition) is 3. The molecule has 5 fully saturated rings. The van der Waals surface area contributed by atoms with Gasteiger partial charge in [-0.2, -0.15) is 0 Å². The minimum atomic E-state index is -0.860. The molecule has 5 aliphatic carbocycles. The normalized spacial score (nSPS) is 40.9. The van der Waals surface area contributed by atoms with Gasteiger partial charge in [0.1, 0.15) is 0 Å². The van der Waals surface area contributed by atoms with E-state index in [1.165, 1.54) is 68.1 Å². The van der Waals surface area contributed by atoms with E-state index in [-0.39, 0.29) is 10.8 Å². The number of allylic oxidation sites excluding steroid dienone is 3. The summed E-state index contributed by atoms with van der Waals surface area (Å²) in [6.45, 7) is 24.0. The number of hydrogen-bond donors (Lipinski definition) is 2. The van der Waals surface area contributed by atoms with Gasteiger partial charge >= 0.3 is 5.97 Å². The van der Waals surface area contributed by atoms with Gasteiger partial charge in [-0.15, -0.1) is 0 Å². The van der Waals surface area contributed by atoms with E-state index < -0.39 is 5.97 Å². The molecule has 7 rings (SSSR count). The van der Waals surface area contributed by atoms with Gasteiger partial charge in [-0.1, -0.05) is 65.0 Å². The maximum atomic E-state index is 12.1. The van der Waals surface area contributed by atoms with Crippen molar-refractivity contribution in [2.75, 3.05) is 26.2 Å². The second-order valence-corrected chi connectivity index (χ2v) is 19.0. The molecule has 0 unspecified atom stereocenters. The molecule has 0 spiro atoms. The Morgan fingerprint density at radius 3 is 2.39 bits per heavy atom. The first-order chi connectivity index (χ1) is 23.2. The van der Waals surface area contributed by atoms with Crippen molar-refractivity contribution in [3.05, 3.63) is 53.6 Å². The largest absolute Gasteiger partial charge is 0.478 e. The molecule has 2 N–H and O–H groups in total. The first-order valence-corrected chi connectivity index (χ1v) is 19.9. The Hall–Kier alpha value is -2.40. The van der Waals surface area contributed by atoms with E-state index in [0.717, 1.165) is 57.8 Å². The van der Waals surface area contributed by atoms with Crippen LogP contribution in [0.1, 0.15) is 135 Å². The van der Waals surface area contributed by atoms with Crippen molar-refractivity contribution in [2.24, 2.45) is 56.7 Å². The molecule has 9 atom stereocenters. The van der Waals surface area contributed by atoms with E-state index >= 15 is 0 Å². The topological polar surface area (TPSA) is 69.6 Å². The van der Waals surface area contributed by atoms with Crippen LogP contribution in [0.4, 0.5) is 0 Å². The molecule has 0 bridgehead atoms. The van der Waals surface area contributed by atoms with Crippen LogP contribution < -0.4 is 5.32 Å². The highest BCUT2D eigenvalue weighted by atomic mass is 16.4. The summed E-state index contributed by atoms with van der Waals surface area (Å²) in [6.07, 6.45) is 17.0. The number of carboxylic acids is 1. The monoisotopic (exact) mass is 668 g/mol. The Bertz CT molecular complexity index is 1510. The highest BCUT2D eigenvalue weighted by molar-refractivity contribution is 5.88. The molecule has 6 aliphatic rings. The number of benzene rings is 1. The number of rotatable bonds is 9. The molecule has 1 saturated heterocycles. The smallest absolute Gasteiger partial charge is 0.335 e. The van der Waals surface area contributed by atoms with Crippen molar-refractivity contribution in [1.82, 2.24) is 10.2 Å². The van der Waals surface area contributed by atoms with Gasteiger partial charge < -0.3 is 15.3 Å². The molecule has 1 heterocycles. The molecule has 4 saturated carbocycles. The van der Waals surface area contributed by atoms with Crippen molar-refractivity contribution >= 4 is 17.4 Å². The van der Waals surface area contributed by atoms with Gasteiger partial charge in [0.15, 0.2) is 0 Å². The summed E-state index contributed by atoms with van der Waals surface area (Å²) < 4.78 is 0. The average molecular weight is 669 g/mol. The van der Waals surface area contributed by atoms with Gasteiger partial charge in [0.2, 0.25) is 5.91 Å². The van der Waals surface area contributed by atoms with Gasteiger partial charge in [-0.3, -0.25) is 4.79 Å². The number of carbonyl (C=O) groups is 2. The quantitative estimate of drug-likeness (QED) is 0.203. The summed E-state index contributed by atoms with van der Waals surface area (Å²) in [5.74, 6) is 2.88. The Kier molecular flexibility index (Phi) is 8.85. The highest BCUT2D eigenvalue weighted by Gasteiger charge is 2.70. The maximum Gasteiger partial charge on any atom is 0.335 e. The molecule has 5 nitrogen and oxygen atoms in total. The van der Waals surface area contributed by atoms with Crippen LogP contribution in [0.5, 0.6) is 0 Å². The third-order valence-corrected chi connectivity index (χ3v) is 16.7. The van der Waals surface area contributed by atoms with Crippen molar-refractivity contribution in [2.45, 2.75) is 119 Å². The highest BCUT2D eigenvalue weighted by Crippen LogP contribution is 2.77. The Morgan fingerprint density at radius 1 is 0.959 bits per heavy atom. The molecule has 1 aromatic carbocycles. The van der Waals surface area contributed by atoms with Crippen LogP contribution in [0.2, 0.25) is 0 Å². The number of fused-ring (bicyclic) bond motifs is 7. The second-order valence-electron chi connectivity index (χ2n) is 19.0. The van der Waals surface area contributed by atoms with Gasteiger partial charge in [-0.05, 0) is 164 Å². The van der Waals surface area contributed by atoms with Gasteiger partial charge in [0.05, 0.1) is 5.56 Å². The fraction of sp³-hybridized carbons (Fsp3) is 0.727. The van der Waals surface area contributed by atoms with E-state index in [0.29, 0.717) is 51.4 Å². The maximum absolute atomic E-state index is 12.1. The molecule has 5 heteroatoms. The predicted molar refractivity (Wildman–Crippen MR) is 199 cm³/mol. The second kappa shape index (κ2) is 12.4. The molecule has 49 heavy (non-hydrogen) atoms. The number of likely N-dealkylation sites (tertiary alicyclic amines) is 1. The SMILES string of the molecule is C=C(C)[C@@H]1CC[C@]2(CNCCCN3CCCC3=O)CC[C@]3(C)[C@H](CC[C@@H]4[C@@]5(C)CC=C(c6ccc(C(=O)O)cc6)C(C)(C)[C@@H]5CC[C@]43C)[C@@H]12. The van der Waals surface area contributed by atoms with Crippen molar-refractivity contribution in [3.8, 4) is 0 Å². The third-order valence-electron chi connectivity index (χ3n) is 16.7. The number of carbonyl (C=O) groups excluding carboxylic acids is 1. The minimum Gasteiger partial charge on any atom is -0.478 e. The van der Waals surface area contributed by atoms with Crippen molar-refractivity contribution < 1.29 is 14.7 Å². The van der Waals surface area contributed by atoms with Crippen LogP contribution in [0, 0.1) is 56.7 Å². The van der Waals surface area contributed by atoms with Gasteiger partial charge in [-0.25, -0.2) is 4.79 Å². The predicted octanol–water partition coefficient (Wildman–Crippen LogP) is 9.64. The first-order valence-electron chi connectivity index (χ1n) is 19.9. The zero-order chi connectivity index (χ0) is 35.0. The molecule has 1 amide bonds. The number of nitrogens with zero attached hydrogens (tertiary/aromatic N) is 1. The van der Waals surface area contributed by atoms with Crippen LogP contribution in [0.15, 0.2) is 42.5 Å². The lowest BCUT2D eigenvalue weighted by Crippen LogP contribution is -2.65. The van der Waals surface area contributed by atoms with Crippen molar-refractivity contribution in [3.63, 3.8) is 0 Å². The number of aromatic carboxylic acids is 1. The summed E-state index contributed by atoms with van der Waals surface area (Å²) in [5.41, 5.74) is 5.66. The Morgan fingerprint density at radius 2 is 1.71 bits per heavy atom. The first kappa shape index (κ1) is 35.0. The Balaban J connectivity index is 1.12. The number of amides is 1. The molecule has 0 radical (unpaired) electrons. The molecular formula is C44H64N2O3. The van der Waals surface area contributed by atoms with E-state index in [4.69, 9.17) is 0 Å². The lowest BCUT2D eigenvalue weighted by Gasteiger charge is -2.72. The molecule has 268 valence electrons. The zero-order valence-corrected chi connectivity index (χ0v) is 31.5. The molecule has 1 aliphatic heterocycles. The van der Waals surface area contributed by atoms with Gasteiger partial charge in [0, 0.05) is 26.1 Å². The summed E-state index contributed by atoms with van der Waals surface area (Å²) >= 11 is 0. The van der Waals surface area contributed by atoms with Crippen LogP contribution in [0.25, 0.3) is 5.57 Å². The van der Waals surface area contributed by atoms with E-state index in [1.807, 2.05) is 12.1 Å². The lowest BCUT2D eigenvalue weighted by molar-refractivity contribution is -0.225. The molecule has 1 aromatic rings. The van der Waals surface area contributed by atoms with Crippen LogP contribution in [-0.4, -0.2) is 48.1 Å². The van der Waals surface area contributed by atoms with E-state index in [2.05, 4.69) is 64.4 Å². The van der Waals surface area contributed by atoms with Crippen LogP contribution in [-0.2, 0) is 4.79 Å². The van der Waals surface area contributed by atoms with E-state index in [1.54, 1.807) is 12.1 Å². The summed E-state index contributed by atoms with van der Waals surface area (Å²) in [4.78, 5) is 25.8. The molecular weight excluding hydrogens is 604 g/mol.